The molecule has 68 valence electrons. The summed E-state index contributed by atoms with van der Waals surface area (Å²) in [5.74, 6) is -0.498. The SMILES string of the molecule is Nc1ccc(OC=CC(=O)O)cc1. The van der Waals surface area contributed by atoms with Crippen LogP contribution in [0.1, 0.15) is 0 Å². The summed E-state index contributed by atoms with van der Waals surface area (Å²) in [5.41, 5.74) is 6.07. The summed E-state index contributed by atoms with van der Waals surface area (Å²) >= 11 is 0. The number of carboxylic acid groups (broad SMARTS) is 1. The Bertz CT molecular complexity index is 316. The van der Waals surface area contributed by atoms with Crippen molar-refractivity contribution in [3.63, 3.8) is 0 Å². The van der Waals surface area contributed by atoms with Crippen molar-refractivity contribution in [2.24, 2.45) is 0 Å². The summed E-state index contributed by atoms with van der Waals surface area (Å²) in [6.07, 6.45) is 2.02. The zero-order valence-corrected chi connectivity index (χ0v) is 6.81. The maximum atomic E-state index is 10.1. The van der Waals surface area contributed by atoms with E-state index in [1.165, 1.54) is 0 Å². The quantitative estimate of drug-likeness (QED) is 0.416. The number of hydrogen-bond acceptors (Lipinski definition) is 3. The predicted octanol–water partition coefficient (Wildman–Crippen LogP) is 1.25. The normalized spacial score (nSPS) is 10.2. The standard InChI is InChI=1S/C9H9NO3/c10-7-1-3-8(4-2-7)13-6-5-9(11)12/h1-6H,10H2,(H,11,12). The van der Waals surface area contributed by atoms with Gasteiger partial charge in [-0.2, -0.15) is 0 Å². The molecule has 0 atom stereocenters. The molecule has 0 saturated heterocycles. The van der Waals surface area contributed by atoms with E-state index in [1.807, 2.05) is 0 Å². The number of carbonyl (C=O) groups is 1. The topological polar surface area (TPSA) is 72.5 Å². The van der Waals surface area contributed by atoms with Gasteiger partial charge in [-0.1, -0.05) is 0 Å². The van der Waals surface area contributed by atoms with Crippen molar-refractivity contribution in [2.75, 3.05) is 5.73 Å². The summed E-state index contributed by atoms with van der Waals surface area (Å²) in [4.78, 5) is 10.1. The van der Waals surface area contributed by atoms with Crippen LogP contribution in [0, 0.1) is 0 Å². The number of nitrogen functional groups attached to an aromatic ring is 1. The van der Waals surface area contributed by atoms with Crippen molar-refractivity contribution in [3.8, 4) is 5.75 Å². The molecule has 0 radical (unpaired) electrons. The molecule has 0 saturated carbocycles. The lowest BCUT2D eigenvalue weighted by molar-refractivity contribution is -0.131. The smallest absolute Gasteiger partial charge is 0.331 e. The number of carboxylic acids is 1. The van der Waals surface area contributed by atoms with Gasteiger partial charge in [0.05, 0.1) is 12.3 Å². The second-order valence-corrected chi connectivity index (χ2v) is 2.33. The van der Waals surface area contributed by atoms with Crippen LogP contribution >= 0.6 is 0 Å². The molecule has 0 fully saturated rings. The Morgan fingerprint density at radius 3 is 2.54 bits per heavy atom. The molecule has 0 aliphatic rings. The van der Waals surface area contributed by atoms with Gasteiger partial charge in [-0.05, 0) is 24.3 Å². The molecule has 1 rings (SSSR count). The van der Waals surface area contributed by atoms with Crippen LogP contribution in [0.25, 0.3) is 0 Å². The molecule has 1 aromatic carbocycles. The number of aliphatic carboxylic acids is 1. The fourth-order valence-corrected chi connectivity index (χ4v) is 0.717. The molecule has 0 spiro atoms. The first kappa shape index (κ1) is 9.12. The van der Waals surface area contributed by atoms with Gasteiger partial charge < -0.3 is 15.6 Å². The van der Waals surface area contributed by atoms with Crippen molar-refractivity contribution in [1.29, 1.82) is 0 Å². The molecular weight excluding hydrogens is 170 g/mol. The number of anilines is 1. The minimum atomic E-state index is -1.05. The van der Waals surface area contributed by atoms with E-state index in [9.17, 15) is 4.79 Å². The first-order valence-corrected chi connectivity index (χ1v) is 3.60. The highest BCUT2D eigenvalue weighted by molar-refractivity contribution is 5.79. The summed E-state index contributed by atoms with van der Waals surface area (Å²) in [7, 11) is 0. The van der Waals surface area contributed by atoms with Gasteiger partial charge in [-0.15, -0.1) is 0 Å². The van der Waals surface area contributed by atoms with E-state index >= 15 is 0 Å². The van der Waals surface area contributed by atoms with E-state index < -0.39 is 5.97 Å². The van der Waals surface area contributed by atoms with Crippen LogP contribution in [-0.2, 0) is 4.79 Å². The van der Waals surface area contributed by atoms with E-state index in [2.05, 4.69) is 0 Å². The fraction of sp³-hybridized carbons (Fsp3) is 0. The number of ether oxygens (including phenoxy) is 1. The van der Waals surface area contributed by atoms with Crippen molar-refractivity contribution >= 4 is 11.7 Å². The summed E-state index contributed by atoms with van der Waals surface area (Å²) in [6.45, 7) is 0. The molecule has 0 amide bonds. The lowest BCUT2D eigenvalue weighted by atomic mass is 10.3. The van der Waals surface area contributed by atoms with Crippen molar-refractivity contribution < 1.29 is 14.6 Å². The van der Waals surface area contributed by atoms with Crippen LogP contribution < -0.4 is 10.5 Å². The van der Waals surface area contributed by atoms with E-state index in [0.29, 0.717) is 11.4 Å². The zero-order valence-electron chi connectivity index (χ0n) is 6.81. The third-order valence-electron chi connectivity index (χ3n) is 1.29. The summed E-state index contributed by atoms with van der Waals surface area (Å²) in [5, 5.41) is 8.25. The second kappa shape index (κ2) is 4.15. The second-order valence-electron chi connectivity index (χ2n) is 2.33. The van der Waals surface area contributed by atoms with Gasteiger partial charge in [0.2, 0.25) is 0 Å². The van der Waals surface area contributed by atoms with E-state index in [1.54, 1.807) is 24.3 Å². The third kappa shape index (κ3) is 3.29. The Kier molecular flexibility index (Phi) is 2.92. The summed E-state index contributed by atoms with van der Waals surface area (Å²) in [6, 6.07) is 6.65. The molecule has 0 aromatic heterocycles. The van der Waals surface area contributed by atoms with Gasteiger partial charge in [0.25, 0.3) is 0 Å². The monoisotopic (exact) mass is 179 g/mol. The maximum absolute atomic E-state index is 10.1. The van der Waals surface area contributed by atoms with Crippen molar-refractivity contribution in [3.05, 3.63) is 36.6 Å². The van der Waals surface area contributed by atoms with Gasteiger partial charge in [0, 0.05) is 5.69 Å². The zero-order chi connectivity index (χ0) is 9.68. The Balaban J connectivity index is 2.55. The van der Waals surface area contributed by atoms with Crippen LogP contribution in [-0.4, -0.2) is 11.1 Å². The largest absolute Gasteiger partial charge is 0.478 e. The van der Waals surface area contributed by atoms with Crippen LogP contribution in [0.5, 0.6) is 5.75 Å². The minimum Gasteiger partial charge on any atom is -0.478 e. The lowest BCUT2D eigenvalue weighted by Crippen LogP contribution is -1.89. The van der Waals surface area contributed by atoms with Crippen LogP contribution in [0.4, 0.5) is 5.69 Å². The molecule has 4 nitrogen and oxygen atoms in total. The van der Waals surface area contributed by atoms with E-state index in [4.69, 9.17) is 15.6 Å². The number of benzene rings is 1. The average molecular weight is 179 g/mol. The molecule has 0 aliphatic carbocycles. The van der Waals surface area contributed by atoms with E-state index in [-0.39, 0.29) is 0 Å². The van der Waals surface area contributed by atoms with Gasteiger partial charge in [0.15, 0.2) is 0 Å². The Labute approximate surface area is 75.2 Å². The van der Waals surface area contributed by atoms with Crippen LogP contribution in [0.3, 0.4) is 0 Å². The molecule has 3 N–H and O–H groups in total. The Morgan fingerprint density at radius 2 is 2.00 bits per heavy atom. The molecule has 0 aliphatic heterocycles. The number of rotatable bonds is 3. The average Bonchev–Trinajstić information content (AvgIpc) is 2.08. The molecule has 0 unspecified atom stereocenters. The van der Waals surface area contributed by atoms with Crippen molar-refractivity contribution in [1.82, 2.24) is 0 Å². The Hall–Kier alpha value is -1.97. The molecule has 0 heterocycles. The molecule has 4 heteroatoms. The minimum absolute atomic E-state index is 0.548. The van der Waals surface area contributed by atoms with Crippen LogP contribution in [0.2, 0.25) is 0 Å². The van der Waals surface area contributed by atoms with Gasteiger partial charge in [-0.25, -0.2) is 4.79 Å². The highest BCUT2D eigenvalue weighted by atomic mass is 16.5. The third-order valence-corrected chi connectivity index (χ3v) is 1.29. The first-order valence-electron chi connectivity index (χ1n) is 3.60. The van der Waals surface area contributed by atoms with Gasteiger partial charge >= 0.3 is 5.97 Å². The molecular formula is C9H9NO3. The highest BCUT2D eigenvalue weighted by Crippen LogP contribution is 2.12. The predicted molar refractivity (Wildman–Crippen MR) is 48.3 cm³/mol. The van der Waals surface area contributed by atoms with Gasteiger partial charge in [0.1, 0.15) is 5.75 Å². The number of hydrogen-bond donors (Lipinski definition) is 2. The lowest BCUT2D eigenvalue weighted by Gasteiger charge is -1.98. The molecule has 13 heavy (non-hydrogen) atoms. The summed E-state index contributed by atoms with van der Waals surface area (Å²) < 4.78 is 4.95. The van der Waals surface area contributed by atoms with Gasteiger partial charge in [-0.3, -0.25) is 0 Å². The number of nitrogens with two attached hydrogens (primary N) is 1. The van der Waals surface area contributed by atoms with Crippen LogP contribution in [0.15, 0.2) is 36.6 Å². The Morgan fingerprint density at radius 1 is 1.38 bits per heavy atom. The van der Waals surface area contributed by atoms with Crippen molar-refractivity contribution in [2.45, 2.75) is 0 Å². The van der Waals surface area contributed by atoms with E-state index in [0.717, 1.165) is 12.3 Å². The first-order chi connectivity index (χ1) is 6.18. The highest BCUT2D eigenvalue weighted by Gasteiger charge is 1.90. The maximum Gasteiger partial charge on any atom is 0.331 e. The molecule has 0 bridgehead atoms. The fourth-order valence-electron chi connectivity index (χ4n) is 0.717. The molecule has 1 aromatic rings.